The SMILES string of the molecule is CC(Nc1cc(=O)n(C)c2c(Nc3ccnc(Cl)c3C#N)cccc12)c1ncc(N2CCOCC2)cn1. The van der Waals surface area contributed by atoms with Gasteiger partial charge in [0.15, 0.2) is 0 Å². The number of benzene rings is 1. The smallest absolute Gasteiger partial charge is 0.252 e. The molecule has 1 aliphatic rings. The van der Waals surface area contributed by atoms with Crippen LogP contribution in [0.15, 0.2) is 53.7 Å². The molecule has 1 fully saturated rings. The Morgan fingerprint density at radius 3 is 2.59 bits per heavy atom. The van der Waals surface area contributed by atoms with Crippen molar-refractivity contribution in [3.8, 4) is 6.07 Å². The lowest BCUT2D eigenvalue weighted by atomic mass is 10.1. The van der Waals surface area contributed by atoms with Gasteiger partial charge in [0.05, 0.1) is 54.2 Å². The van der Waals surface area contributed by atoms with Crippen molar-refractivity contribution in [2.75, 3.05) is 41.8 Å². The van der Waals surface area contributed by atoms with Crippen LogP contribution in [0.2, 0.25) is 5.15 Å². The number of pyridine rings is 2. The van der Waals surface area contributed by atoms with Gasteiger partial charge in [0, 0.05) is 43.5 Å². The van der Waals surface area contributed by atoms with E-state index in [0.29, 0.717) is 41.6 Å². The number of fused-ring (bicyclic) bond motifs is 1. The van der Waals surface area contributed by atoms with E-state index in [2.05, 4.69) is 36.6 Å². The van der Waals surface area contributed by atoms with Crippen molar-refractivity contribution in [1.82, 2.24) is 19.5 Å². The zero-order chi connectivity index (χ0) is 25.9. The molecule has 10 nitrogen and oxygen atoms in total. The number of rotatable bonds is 6. The van der Waals surface area contributed by atoms with Crippen molar-refractivity contribution in [3.63, 3.8) is 0 Å². The van der Waals surface area contributed by atoms with Crippen LogP contribution in [0, 0.1) is 11.3 Å². The van der Waals surface area contributed by atoms with Gasteiger partial charge in [-0.3, -0.25) is 4.79 Å². The Hall–Kier alpha value is -4.20. The molecule has 1 atom stereocenters. The molecule has 0 bridgehead atoms. The first-order valence-corrected chi connectivity index (χ1v) is 12.2. The first-order chi connectivity index (χ1) is 18.0. The Kier molecular flexibility index (Phi) is 6.90. The number of ether oxygens (including phenoxy) is 1. The second-order valence-electron chi connectivity index (χ2n) is 8.68. The number of hydrogen-bond acceptors (Lipinski definition) is 9. The van der Waals surface area contributed by atoms with Crippen molar-refractivity contribution in [1.29, 1.82) is 5.26 Å². The number of anilines is 4. The van der Waals surface area contributed by atoms with Crippen LogP contribution in [0.1, 0.15) is 24.4 Å². The van der Waals surface area contributed by atoms with Crippen LogP contribution in [0.4, 0.5) is 22.7 Å². The summed E-state index contributed by atoms with van der Waals surface area (Å²) in [6.07, 6.45) is 5.17. The molecule has 1 saturated heterocycles. The maximum Gasteiger partial charge on any atom is 0.252 e. The van der Waals surface area contributed by atoms with Crippen LogP contribution >= 0.6 is 11.6 Å². The number of morpholine rings is 1. The lowest BCUT2D eigenvalue weighted by molar-refractivity contribution is 0.122. The molecule has 0 radical (unpaired) electrons. The lowest BCUT2D eigenvalue weighted by Crippen LogP contribution is -2.36. The van der Waals surface area contributed by atoms with Crippen molar-refractivity contribution in [2.45, 2.75) is 13.0 Å². The monoisotopic (exact) mass is 516 g/mol. The minimum Gasteiger partial charge on any atom is -0.378 e. The first-order valence-electron chi connectivity index (χ1n) is 11.8. The molecule has 3 aromatic heterocycles. The van der Waals surface area contributed by atoms with Crippen LogP contribution in [0.25, 0.3) is 10.9 Å². The van der Waals surface area contributed by atoms with E-state index in [9.17, 15) is 10.1 Å². The van der Waals surface area contributed by atoms with E-state index in [1.54, 1.807) is 23.7 Å². The highest BCUT2D eigenvalue weighted by atomic mass is 35.5. The maximum atomic E-state index is 12.9. The van der Waals surface area contributed by atoms with Crippen molar-refractivity contribution in [3.05, 3.63) is 75.8 Å². The number of aromatic nitrogens is 4. The Morgan fingerprint density at radius 1 is 1.11 bits per heavy atom. The molecule has 1 unspecified atom stereocenters. The highest BCUT2D eigenvalue weighted by Crippen LogP contribution is 2.33. The van der Waals surface area contributed by atoms with Gasteiger partial charge in [0.25, 0.3) is 5.56 Å². The van der Waals surface area contributed by atoms with Gasteiger partial charge in [0.1, 0.15) is 22.6 Å². The van der Waals surface area contributed by atoms with Gasteiger partial charge in [0.2, 0.25) is 0 Å². The van der Waals surface area contributed by atoms with E-state index in [-0.39, 0.29) is 22.3 Å². The van der Waals surface area contributed by atoms with E-state index in [1.807, 2.05) is 37.5 Å². The number of aryl methyl sites for hydroxylation is 1. The standard InChI is InChI=1S/C26H25ClN8O2/c1-16(26-30-14-17(15-31-26)35-8-10-37-11-9-35)32-22-12-23(36)34(2)24-18(22)4-3-5-21(24)33-20-6-7-29-25(27)19(20)13-28/h3-7,12,14-16,32H,8-11H2,1-2H3,(H,29,33). The first kappa shape index (κ1) is 24.5. The summed E-state index contributed by atoms with van der Waals surface area (Å²) in [6.45, 7) is 4.96. The average molecular weight is 517 g/mol. The zero-order valence-electron chi connectivity index (χ0n) is 20.4. The number of nitriles is 1. The quantitative estimate of drug-likeness (QED) is 0.366. The van der Waals surface area contributed by atoms with Gasteiger partial charge >= 0.3 is 0 Å². The predicted molar refractivity (Wildman–Crippen MR) is 144 cm³/mol. The van der Waals surface area contributed by atoms with Crippen molar-refractivity contribution < 1.29 is 4.74 Å². The molecule has 11 heteroatoms. The fourth-order valence-electron chi connectivity index (χ4n) is 4.38. The molecule has 5 rings (SSSR count). The third kappa shape index (κ3) is 4.91. The van der Waals surface area contributed by atoms with Gasteiger partial charge in [-0.05, 0) is 19.1 Å². The third-order valence-electron chi connectivity index (χ3n) is 6.34. The molecule has 4 heterocycles. The van der Waals surface area contributed by atoms with E-state index >= 15 is 0 Å². The second-order valence-corrected chi connectivity index (χ2v) is 9.04. The predicted octanol–water partition coefficient (Wildman–Crippen LogP) is 4.00. The van der Waals surface area contributed by atoms with Crippen molar-refractivity contribution >= 4 is 45.3 Å². The second kappa shape index (κ2) is 10.4. The zero-order valence-corrected chi connectivity index (χ0v) is 21.2. The number of halogens is 1. The van der Waals surface area contributed by atoms with Crippen LogP contribution in [-0.2, 0) is 11.8 Å². The minimum absolute atomic E-state index is 0.109. The fraction of sp³-hybridized carbons (Fsp3) is 0.269. The normalized spacial score (nSPS) is 14.3. The molecule has 188 valence electrons. The highest BCUT2D eigenvalue weighted by Gasteiger charge is 2.17. The molecule has 0 saturated carbocycles. The van der Waals surface area contributed by atoms with Gasteiger partial charge in [-0.25, -0.2) is 15.0 Å². The van der Waals surface area contributed by atoms with E-state index in [4.69, 9.17) is 16.3 Å². The van der Waals surface area contributed by atoms with Gasteiger partial charge in [-0.15, -0.1) is 0 Å². The van der Waals surface area contributed by atoms with E-state index < -0.39 is 0 Å². The van der Waals surface area contributed by atoms with E-state index in [1.165, 1.54) is 6.20 Å². The van der Waals surface area contributed by atoms with Gasteiger partial charge in [-0.2, -0.15) is 5.26 Å². The number of nitrogens with one attached hydrogen (secondary N) is 2. The molecular weight excluding hydrogens is 492 g/mol. The Bertz CT molecular complexity index is 1540. The summed E-state index contributed by atoms with van der Waals surface area (Å²) < 4.78 is 6.98. The van der Waals surface area contributed by atoms with Crippen molar-refractivity contribution in [2.24, 2.45) is 7.05 Å². The highest BCUT2D eigenvalue weighted by molar-refractivity contribution is 6.31. The lowest BCUT2D eigenvalue weighted by Gasteiger charge is -2.28. The van der Waals surface area contributed by atoms with E-state index in [0.717, 1.165) is 24.2 Å². The summed E-state index contributed by atoms with van der Waals surface area (Å²) >= 11 is 6.11. The molecule has 1 aromatic carbocycles. The summed E-state index contributed by atoms with van der Waals surface area (Å²) in [7, 11) is 1.71. The van der Waals surface area contributed by atoms with Crippen LogP contribution in [0.3, 0.4) is 0 Å². The Balaban J connectivity index is 1.47. The summed E-state index contributed by atoms with van der Waals surface area (Å²) in [5.74, 6) is 0.616. The fourth-order valence-corrected chi connectivity index (χ4v) is 4.58. The minimum atomic E-state index is -0.255. The van der Waals surface area contributed by atoms with Gasteiger partial charge < -0.3 is 24.8 Å². The number of hydrogen-bond donors (Lipinski definition) is 2. The molecule has 0 amide bonds. The van der Waals surface area contributed by atoms with Crippen LogP contribution < -0.4 is 21.1 Å². The molecule has 37 heavy (non-hydrogen) atoms. The summed E-state index contributed by atoms with van der Waals surface area (Å²) in [5, 5.41) is 17.1. The molecule has 4 aromatic rings. The molecule has 0 spiro atoms. The summed E-state index contributed by atoms with van der Waals surface area (Å²) in [6, 6.07) is 10.7. The Labute approximate surface area is 218 Å². The average Bonchev–Trinajstić information content (AvgIpc) is 2.92. The largest absolute Gasteiger partial charge is 0.378 e. The number of nitrogens with zero attached hydrogens (tertiary/aromatic N) is 6. The third-order valence-corrected chi connectivity index (χ3v) is 6.63. The summed E-state index contributed by atoms with van der Waals surface area (Å²) in [5.41, 5.74) is 3.48. The molecule has 2 N–H and O–H groups in total. The number of para-hydroxylation sites is 1. The van der Waals surface area contributed by atoms with Crippen LogP contribution in [-0.4, -0.2) is 45.8 Å². The summed E-state index contributed by atoms with van der Waals surface area (Å²) in [4.78, 5) is 28.2. The Morgan fingerprint density at radius 2 is 1.86 bits per heavy atom. The molecule has 1 aliphatic heterocycles. The topological polar surface area (TPSA) is 121 Å². The molecular formula is C26H25ClN8O2. The van der Waals surface area contributed by atoms with Gasteiger partial charge in [-0.1, -0.05) is 23.7 Å². The maximum absolute atomic E-state index is 12.9. The molecule has 0 aliphatic carbocycles. The van der Waals surface area contributed by atoms with Crippen LogP contribution in [0.5, 0.6) is 0 Å².